The third kappa shape index (κ3) is 5.90. The van der Waals surface area contributed by atoms with Crippen LogP contribution < -0.4 is 10.1 Å². The van der Waals surface area contributed by atoms with Gasteiger partial charge < -0.3 is 19.7 Å². The molecule has 1 heterocycles. The van der Waals surface area contributed by atoms with E-state index in [4.69, 9.17) is 9.47 Å². The van der Waals surface area contributed by atoms with Crippen LogP contribution in [0.25, 0.3) is 0 Å². The van der Waals surface area contributed by atoms with Crippen LogP contribution in [0.4, 0.5) is 10.5 Å². The number of carbonyl (C=O) groups is 1. The third-order valence-corrected chi connectivity index (χ3v) is 3.75. The van der Waals surface area contributed by atoms with Crippen molar-refractivity contribution < 1.29 is 19.2 Å². The van der Waals surface area contributed by atoms with Crippen molar-refractivity contribution in [2.45, 2.75) is 38.8 Å². The zero-order valence-electron chi connectivity index (χ0n) is 14.9. The molecule has 1 aliphatic heterocycles. The van der Waals surface area contributed by atoms with E-state index in [1.54, 1.807) is 17.0 Å². The van der Waals surface area contributed by atoms with E-state index < -0.39 is 10.5 Å². The Hall–Kier alpha value is -2.35. The SMILES string of the molecule is CC(C)(C)OC(=O)N1CCNCC1CCOc1ccc([N+](=O)[O-])cc1. The van der Waals surface area contributed by atoms with E-state index in [-0.39, 0.29) is 17.8 Å². The minimum absolute atomic E-state index is 0.0124. The summed E-state index contributed by atoms with van der Waals surface area (Å²) in [5.41, 5.74) is -0.498. The number of nitrogens with zero attached hydrogens (tertiary/aromatic N) is 2. The zero-order chi connectivity index (χ0) is 18.4. The maximum absolute atomic E-state index is 12.3. The second-order valence-corrected chi connectivity index (χ2v) is 6.92. The second kappa shape index (κ2) is 8.15. The van der Waals surface area contributed by atoms with Gasteiger partial charge in [0.15, 0.2) is 0 Å². The Morgan fingerprint density at radius 1 is 1.36 bits per heavy atom. The van der Waals surface area contributed by atoms with Crippen molar-refractivity contribution in [2.75, 3.05) is 26.2 Å². The van der Waals surface area contributed by atoms with Crippen LogP contribution in [-0.2, 0) is 4.74 Å². The fraction of sp³-hybridized carbons (Fsp3) is 0.588. The molecular weight excluding hydrogens is 326 g/mol. The average Bonchev–Trinajstić information content (AvgIpc) is 2.54. The molecule has 138 valence electrons. The number of hydrogen-bond acceptors (Lipinski definition) is 6. The van der Waals surface area contributed by atoms with Gasteiger partial charge in [0.2, 0.25) is 0 Å². The van der Waals surface area contributed by atoms with Crippen LogP contribution >= 0.6 is 0 Å². The van der Waals surface area contributed by atoms with E-state index in [0.717, 1.165) is 6.54 Å². The predicted molar refractivity (Wildman–Crippen MR) is 92.8 cm³/mol. The number of carbonyl (C=O) groups excluding carboxylic acids is 1. The summed E-state index contributed by atoms with van der Waals surface area (Å²) in [4.78, 5) is 24.3. The molecule has 1 atom stereocenters. The molecule has 0 radical (unpaired) electrons. The first-order valence-corrected chi connectivity index (χ1v) is 8.34. The second-order valence-electron chi connectivity index (χ2n) is 6.92. The highest BCUT2D eigenvalue weighted by atomic mass is 16.6. The van der Waals surface area contributed by atoms with E-state index in [1.165, 1.54) is 12.1 Å². The van der Waals surface area contributed by atoms with Gasteiger partial charge in [-0.05, 0) is 32.9 Å². The number of nitro benzene ring substituents is 1. The Kier molecular flexibility index (Phi) is 6.19. The summed E-state index contributed by atoms with van der Waals surface area (Å²) >= 11 is 0. The molecule has 1 amide bonds. The maximum Gasteiger partial charge on any atom is 0.410 e. The quantitative estimate of drug-likeness (QED) is 0.647. The number of non-ortho nitro benzene ring substituents is 1. The van der Waals surface area contributed by atoms with Gasteiger partial charge in [0.25, 0.3) is 5.69 Å². The van der Waals surface area contributed by atoms with Crippen molar-refractivity contribution in [1.29, 1.82) is 0 Å². The van der Waals surface area contributed by atoms with Crippen molar-refractivity contribution in [3.63, 3.8) is 0 Å². The van der Waals surface area contributed by atoms with Crippen LogP contribution in [0.1, 0.15) is 27.2 Å². The number of amides is 1. The van der Waals surface area contributed by atoms with E-state index in [0.29, 0.717) is 31.9 Å². The first-order chi connectivity index (χ1) is 11.8. The molecule has 1 N–H and O–H groups in total. The number of piperazine rings is 1. The Morgan fingerprint density at radius 2 is 2.04 bits per heavy atom. The van der Waals surface area contributed by atoms with Crippen molar-refractivity contribution in [3.8, 4) is 5.75 Å². The van der Waals surface area contributed by atoms with Gasteiger partial charge in [-0.1, -0.05) is 0 Å². The number of hydrogen-bond donors (Lipinski definition) is 1. The molecule has 1 aromatic carbocycles. The van der Waals surface area contributed by atoms with Gasteiger partial charge in [0.1, 0.15) is 11.4 Å². The minimum Gasteiger partial charge on any atom is -0.494 e. The van der Waals surface area contributed by atoms with Crippen molar-refractivity contribution in [1.82, 2.24) is 10.2 Å². The number of nitrogens with one attached hydrogen (secondary N) is 1. The smallest absolute Gasteiger partial charge is 0.410 e. The molecule has 0 aliphatic carbocycles. The van der Waals surface area contributed by atoms with E-state index in [2.05, 4.69) is 5.32 Å². The van der Waals surface area contributed by atoms with Crippen molar-refractivity contribution >= 4 is 11.8 Å². The van der Waals surface area contributed by atoms with E-state index >= 15 is 0 Å². The van der Waals surface area contributed by atoms with Crippen molar-refractivity contribution in [2.24, 2.45) is 0 Å². The third-order valence-electron chi connectivity index (χ3n) is 3.75. The fourth-order valence-electron chi connectivity index (χ4n) is 2.56. The molecule has 8 nitrogen and oxygen atoms in total. The molecule has 1 aromatic rings. The molecule has 1 aliphatic rings. The highest BCUT2D eigenvalue weighted by Crippen LogP contribution is 2.19. The van der Waals surface area contributed by atoms with Gasteiger partial charge in [-0.25, -0.2) is 4.79 Å². The largest absolute Gasteiger partial charge is 0.494 e. The topological polar surface area (TPSA) is 93.9 Å². The lowest BCUT2D eigenvalue weighted by Gasteiger charge is -2.37. The number of nitro groups is 1. The molecular formula is C17H25N3O5. The summed E-state index contributed by atoms with van der Waals surface area (Å²) < 4.78 is 11.1. The Balaban J connectivity index is 1.86. The van der Waals surface area contributed by atoms with Crippen LogP contribution in [0.2, 0.25) is 0 Å². The lowest BCUT2D eigenvalue weighted by atomic mass is 10.1. The first kappa shape index (κ1) is 19.0. The van der Waals surface area contributed by atoms with Gasteiger partial charge >= 0.3 is 6.09 Å². The molecule has 0 spiro atoms. The molecule has 0 aromatic heterocycles. The number of rotatable bonds is 5. The highest BCUT2D eigenvalue weighted by Gasteiger charge is 2.30. The summed E-state index contributed by atoms with van der Waals surface area (Å²) in [6.07, 6.45) is 0.331. The Bertz CT molecular complexity index is 597. The fourth-order valence-corrected chi connectivity index (χ4v) is 2.56. The van der Waals surface area contributed by atoms with Gasteiger partial charge in [-0.15, -0.1) is 0 Å². The monoisotopic (exact) mass is 351 g/mol. The van der Waals surface area contributed by atoms with Gasteiger partial charge in [0.05, 0.1) is 17.6 Å². The van der Waals surface area contributed by atoms with Gasteiger partial charge in [-0.2, -0.15) is 0 Å². The first-order valence-electron chi connectivity index (χ1n) is 8.34. The molecule has 0 bridgehead atoms. The number of ether oxygens (including phenoxy) is 2. The molecule has 2 rings (SSSR count). The summed E-state index contributed by atoms with van der Waals surface area (Å²) in [5.74, 6) is 0.568. The summed E-state index contributed by atoms with van der Waals surface area (Å²) in [6, 6.07) is 5.95. The maximum atomic E-state index is 12.3. The van der Waals surface area contributed by atoms with Crippen LogP contribution in [-0.4, -0.2) is 53.8 Å². The predicted octanol–water partition coefficient (Wildman–Crippen LogP) is 2.57. The minimum atomic E-state index is -0.526. The zero-order valence-corrected chi connectivity index (χ0v) is 14.9. The van der Waals surface area contributed by atoms with Crippen LogP contribution in [0.5, 0.6) is 5.75 Å². The van der Waals surface area contributed by atoms with Crippen molar-refractivity contribution in [3.05, 3.63) is 34.4 Å². The number of benzene rings is 1. The molecule has 0 saturated carbocycles. The molecule has 25 heavy (non-hydrogen) atoms. The normalized spacial score (nSPS) is 17.9. The summed E-state index contributed by atoms with van der Waals surface area (Å²) in [5, 5.41) is 13.9. The molecule has 8 heteroatoms. The summed E-state index contributed by atoms with van der Waals surface area (Å²) in [6.45, 7) is 7.96. The van der Waals surface area contributed by atoms with Gasteiger partial charge in [0, 0.05) is 38.2 Å². The Labute approximate surface area is 147 Å². The van der Waals surface area contributed by atoms with E-state index in [1.807, 2.05) is 20.8 Å². The summed E-state index contributed by atoms with van der Waals surface area (Å²) in [7, 11) is 0. The highest BCUT2D eigenvalue weighted by molar-refractivity contribution is 5.68. The van der Waals surface area contributed by atoms with Crippen LogP contribution in [0, 0.1) is 10.1 Å². The molecule has 1 unspecified atom stereocenters. The van der Waals surface area contributed by atoms with Crippen LogP contribution in [0.15, 0.2) is 24.3 Å². The molecule has 1 fully saturated rings. The van der Waals surface area contributed by atoms with Gasteiger partial charge in [-0.3, -0.25) is 10.1 Å². The average molecular weight is 351 g/mol. The van der Waals surface area contributed by atoms with E-state index in [9.17, 15) is 14.9 Å². The van der Waals surface area contributed by atoms with Crippen LogP contribution in [0.3, 0.4) is 0 Å². The Morgan fingerprint density at radius 3 is 2.64 bits per heavy atom. The lowest BCUT2D eigenvalue weighted by Crippen LogP contribution is -2.55. The lowest BCUT2D eigenvalue weighted by molar-refractivity contribution is -0.384. The standard InChI is InChI=1S/C17H25N3O5/c1-17(2,3)25-16(21)19-10-9-18-12-14(19)8-11-24-15-6-4-13(5-7-15)20(22)23/h4-7,14,18H,8-12H2,1-3H3. The molecule has 1 saturated heterocycles.